The molecule has 1 N–H and O–H groups in total. The monoisotopic (exact) mass is 338 g/mol. The highest BCUT2D eigenvalue weighted by molar-refractivity contribution is 5.90. The molecule has 0 aromatic heterocycles. The molecule has 25 heavy (non-hydrogen) atoms. The van der Waals surface area contributed by atoms with Crippen LogP contribution in [0.5, 0.6) is 5.75 Å². The third-order valence-corrected chi connectivity index (χ3v) is 4.64. The van der Waals surface area contributed by atoms with Crippen molar-refractivity contribution >= 4 is 11.7 Å². The zero-order valence-corrected chi connectivity index (χ0v) is 15.2. The number of likely N-dealkylation sites (tertiary alicyclic amines) is 1. The normalized spacial score (nSPS) is 16.8. The molecule has 1 atom stereocenters. The first-order valence-corrected chi connectivity index (χ1v) is 8.86. The predicted octanol–water partition coefficient (Wildman–Crippen LogP) is 4.76. The molecule has 132 valence electrons. The molecule has 1 saturated heterocycles. The minimum absolute atomic E-state index is 0.0131. The number of amides is 2. The summed E-state index contributed by atoms with van der Waals surface area (Å²) >= 11 is 0. The van der Waals surface area contributed by atoms with Crippen molar-refractivity contribution in [2.45, 2.75) is 33.8 Å². The average molecular weight is 338 g/mol. The Hall–Kier alpha value is -2.49. The van der Waals surface area contributed by atoms with E-state index in [0.29, 0.717) is 12.5 Å². The van der Waals surface area contributed by atoms with Gasteiger partial charge in [-0.1, -0.05) is 36.8 Å². The number of urea groups is 1. The van der Waals surface area contributed by atoms with Crippen LogP contribution in [0.15, 0.2) is 42.5 Å². The first-order chi connectivity index (χ1) is 12.0. The summed E-state index contributed by atoms with van der Waals surface area (Å²) in [6, 6.07) is 14.1. The number of hydrogen-bond donors (Lipinski definition) is 1. The van der Waals surface area contributed by atoms with Crippen LogP contribution in [0.25, 0.3) is 0 Å². The van der Waals surface area contributed by atoms with Gasteiger partial charge >= 0.3 is 6.03 Å². The molecule has 1 heterocycles. The van der Waals surface area contributed by atoms with Gasteiger partial charge in [0.15, 0.2) is 0 Å². The maximum absolute atomic E-state index is 12.3. The molecule has 1 fully saturated rings. The largest absolute Gasteiger partial charge is 0.489 e. The van der Waals surface area contributed by atoms with E-state index in [0.717, 1.165) is 42.1 Å². The van der Waals surface area contributed by atoms with E-state index in [2.05, 4.69) is 37.4 Å². The lowest BCUT2D eigenvalue weighted by Gasteiger charge is -2.18. The minimum Gasteiger partial charge on any atom is -0.489 e. The van der Waals surface area contributed by atoms with Crippen LogP contribution >= 0.6 is 0 Å². The van der Waals surface area contributed by atoms with Gasteiger partial charge in [-0.2, -0.15) is 0 Å². The molecule has 2 amide bonds. The minimum atomic E-state index is -0.0131. The SMILES string of the molecule is Cc1cccc(COc2ccc(NC(=O)N3CCC(C)C3)c(C)c2)c1. The molecule has 4 heteroatoms. The van der Waals surface area contributed by atoms with E-state index in [-0.39, 0.29) is 6.03 Å². The van der Waals surface area contributed by atoms with E-state index >= 15 is 0 Å². The summed E-state index contributed by atoms with van der Waals surface area (Å²) in [6.07, 6.45) is 1.08. The van der Waals surface area contributed by atoms with Crippen LogP contribution in [-0.2, 0) is 6.61 Å². The second-order valence-electron chi connectivity index (χ2n) is 7.02. The number of nitrogens with zero attached hydrogens (tertiary/aromatic N) is 1. The Morgan fingerprint density at radius 1 is 1.24 bits per heavy atom. The van der Waals surface area contributed by atoms with Crippen molar-refractivity contribution in [2.75, 3.05) is 18.4 Å². The van der Waals surface area contributed by atoms with Gasteiger partial charge in [0.1, 0.15) is 12.4 Å². The lowest BCUT2D eigenvalue weighted by atomic mass is 10.1. The number of carbonyl (C=O) groups is 1. The fourth-order valence-corrected chi connectivity index (χ4v) is 3.15. The molecule has 0 bridgehead atoms. The van der Waals surface area contributed by atoms with Gasteiger partial charge in [-0.3, -0.25) is 0 Å². The predicted molar refractivity (Wildman–Crippen MR) is 101 cm³/mol. The lowest BCUT2D eigenvalue weighted by molar-refractivity contribution is 0.221. The van der Waals surface area contributed by atoms with Crippen molar-refractivity contribution in [3.63, 3.8) is 0 Å². The molecule has 0 spiro atoms. The summed E-state index contributed by atoms with van der Waals surface area (Å²) < 4.78 is 5.88. The standard InChI is InChI=1S/C21H26N2O2/c1-15-5-4-6-18(11-15)14-25-19-7-8-20(17(3)12-19)22-21(24)23-10-9-16(2)13-23/h4-8,11-12,16H,9-10,13-14H2,1-3H3,(H,22,24). The van der Waals surface area contributed by atoms with E-state index in [1.165, 1.54) is 5.56 Å². The second-order valence-corrected chi connectivity index (χ2v) is 7.02. The third kappa shape index (κ3) is 4.53. The van der Waals surface area contributed by atoms with Crippen molar-refractivity contribution in [1.82, 2.24) is 4.90 Å². The van der Waals surface area contributed by atoms with Crippen LogP contribution in [0, 0.1) is 19.8 Å². The molecular formula is C21H26N2O2. The Bertz CT molecular complexity index is 757. The quantitative estimate of drug-likeness (QED) is 0.873. The molecule has 1 aliphatic heterocycles. The number of benzene rings is 2. The molecular weight excluding hydrogens is 312 g/mol. The number of hydrogen-bond acceptors (Lipinski definition) is 2. The van der Waals surface area contributed by atoms with Crippen LogP contribution in [0.4, 0.5) is 10.5 Å². The van der Waals surface area contributed by atoms with Crippen molar-refractivity contribution in [2.24, 2.45) is 5.92 Å². The van der Waals surface area contributed by atoms with E-state index in [9.17, 15) is 4.79 Å². The van der Waals surface area contributed by atoms with Gasteiger partial charge in [-0.15, -0.1) is 0 Å². The molecule has 4 nitrogen and oxygen atoms in total. The smallest absolute Gasteiger partial charge is 0.321 e. The van der Waals surface area contributed by atoms with Gasteiger partial charge in [-0.25, -0.2) is 4.79 Å². The summed E-state index contributed by atoms with van der Waals surface area (Å²) in [7, 11) is 0. The molecule has 1 aliphatic rings. The summed E-state index contributed by atoms with van der Waals surface area (Å²) in [6.45, 7) is 8.46. The lowest BCUT2D eigenvalue weighted by Crippen LogP contribution is -2.33. The average Bonchev–Trinajstić information content (AvgIpc) is 3.02. The number of aryl methyl sites for hydroxylation is 2. The van der Waals surface area contributed by atoms with Gasteiger partial charge in [0.05, 0.1) is 0 Å². The van der Waals surface area contributed by atoms with Crippen molar-refractivity contribution in [3.05, 3.63) is 59.2 Å². The summed E-state index contributed by atoms with van der Waals surface area (Å²) in [5, 5.41) is 3.01. The molecule has 0 aliphatic carbocycles. The van der Waals surface area contributed by atoms with E-state index < -0.39 is 0 Å². The van der Waals surface area contributed by atoms with Crippen LogP contribution in [0.1, 0.15) is 30.0 Å². The fourth-order valence-electron chi connectivity index (χ4n) is 3.15. The Morgan fingerprint density at radius 2 is 2.08 bits per heavy atom. The third-order valence-electron chi connectivity index (χ3n) is 4.64. The zero-order chi connectivity index (χ0) is 17.8. The van der Waals surface area contributed by atoms with Gasteiger partial charge in [0.25, 0.3) is 0 Å². The van der Waals surface area contributed by atoms with Crippen LogP contribution in [0.3, 0.4) is 0 Å². The molecule has 0 radical (unpaired) electrons. The summed E-state index contributed by atoms with van der Waals surface area (Å²) in [5.41, 5.74) is 4.22. The fraction of sp³-hybridized carbons (Fsp3) is 0.381. The highest BCUT2D eigenvalue weighted by atomic mass is 16.5. The Morgan fingerprint density at radius 3 is 2.76 bits per heavy atom. The zero-order valence-electron chi connectivity index (χ0n) is 15.2. The van der Waals surface area contributed by atoms with Crippen LogP contribution in [0.2, 0.25) is 0 Å². The number of ether oxygens (including phenoxy) is 1. The Kier molecular flexibility index (Phi) is 5.27. The van der Waals surface area contributed by atoms with E-state index in [1.54, 1.807) is 0 Å². The van der Waals surface area contributed by atoms with Crippen molar-refractivity contribution < 1.29 is 9.53 Å². The topological polar surface area (TPSA) is 41.6 Å². The maximum Gasteiger partial charge on any atom is 0.321 e. The van der Waals surface area contributed by atoms with Crippen LogP contribution in [-0.4, -0.2) is 24.0 Å². The Labute approximate surface area is 149 Å². The number of rotatable bonds is 4. The highest BCUT2D eigenvalue weighted by Crippen LogP contribution is 2.24. The highest BCUT2D eigenvalue weighted by Gasteiger charge is 2.23. The summed E-state index contributed by atoms with van der Waals surface area (Å²) in [5.74, 6) is 1.40. The van der Waals surface area contributed by atoms with E-state index in [4.69, 9.17) is 4.74 Å². The van der Waals surface area contributed by atoms with Gasteiger partial charge in [0.2, 0.25) is 0 Å². The number of anilines is 1. The van der Waals surface area contributed by atoms with Crippen molar-refractivity contribution in [3.8, 4) is 5.75 Å². The van der Waals surface area contributed by atoms with E-state index in [1.807, 2.05) is 36.1 Å². The number of carbonyl (C=O) groups excluding carboxylic acids is 1. The molecule has 3 rings (SSSR count). The molecule has 1 unspecified atom stereocenters. The Balaban J connectivity index is 1.59. The van der Waals surface area contributed by atoms with Gasteiger partial charge < -0.3 is 15.0 Å². The first-order valence-electron chi connectivity index (χ1n) is 8.86. The molecule has 2 aromatic carbocycles. The molecule has 0 saturated carbocycles. The van der Waals surface area contributed by atoms with Gasteiger partial charge in [-0.05, 0) is 55.5 Å². The van der Waals surface area contributed by atoms with Crippen LogP contribution < -0.4 is 10.1 Å². The van der Waals surface area contributed by atoms with Gasteiger partial charge in [0, 0.05) is 18.8 Å². The first kappa shape index (κ1) is 17.3. The number of nitrogens with one attached hydrogen (secondary N) is 1. The summed E-state index contributed by atoms with van der Waals surface area (Å²) in [4.78, 5) is 14.2. The second kappa shape index (κ2) is 7.60. The van der Waals surface area contributed by atoms with Crippen molar-refractivity contribution in [1.29, 1.82) is 0 Å². The molecule has 2 aromatic rings. The maximum atomic E-state index is 12.3.